The van der Waals surface area contributed by atoms with E-state index in [-0.39, 0.29) is 17.6 Å². The zero-order valence-electron chi connectivity index (χ0n) is 10.3. The summed E-state index contributed by atoms with van der Waals surface area (Å²) in [6.45, 7) is 4.60. The minimum Gasteiger partial charge on any atom is -0.486 e. The van der Waals surface area contributed by atoms with Gasteiger partial charge in [0.1, 0.15) is 11.9 Å². The van der Waals surface area contributed by atoms with Gasteiger partial charge in [-0.1, -0.05) is 0 Å². The van der Waals surface area contributed by atoms with E-state index >= 15 is 0 Å². The molecule has 5 heteroatoms. The maximum Gasteiger partial charge on any atom is 0.254 e. The van der Waals surface area contributed by atoms with Crippen LogP contribution in [0.25, 0.3) is 0 Å². The highest BCUT2D eigenvalue weighted by molar-refractivity contribution is 5.74. The molecule has 1 aliphatic heterocycles. The number of ether oxygens (including phenoxy) is 1. The Morgan fingerprint density at radius 1 is 1.41 bits per heavy atom. The van der Waals surface area contributed by atoms with Crippen molar-refractivity contribution in [3.8, 4) is 5.75 Å². The Hall–Kier alpha value is -1.78. The van der Waals surface area contributed by atoms with E-state index in [1.807, 2.05) is 13.0 Å². The first kappa shape index (κ1) is 11.7. The molecule has 0 unspecified atom stereocenters. The molecule has 5 nitrogen and oxygen atoms in total. The third-order valence-electron chi connectivity index (χ3n) is 3.07. The lowest BCUT2D eigenvalue weighted by Gasteiger charge is -2.38. The van der Waals surface area contributed by atoms with Gasteiger partial charge in [-0.15, -0.1) is 0 Å². The summed E-state index contributed by atoms with van der Waals surface area (Å²) < 4.78 is 7.21. The Balaban J connectivity index is 2.02. The van der Waals surface area contributed by atoms with Crippen LogP contribution in [-0.4, -0.2) is 34.6 Å². The van der Waals surface area contributed by atoms with Crippen LogP contribution in [0.5, 0.6) is 5.75 Å². The number of hydrogen-bond donors (Lipinski definition) is 0. The average Bonchev–Trinajstić information content (AvgIpc) is 2.18. The molecule has 0 radical (unpaired) electrons. The molecule has 17 heavy (non-hydrogen) atoms. The molecule has 1 aromatic rings. The molecular formula is C12H16N2O3. The van der Waals surface area contributed by atoms with Gasteiger partial charge in [0.15, 0.2) is 0 Å². The Morgan fingerprint density at radius 2 is 2.06 bits per heavy atom. The molecule has 0 N–H and O–H groups in total. The van der Waals surface area contributed by atoms with Gasteiger partial charge in [-0.3, -0.25) is 9.59 Å². The van der Waals surface area contributed by atoms with E-state index in [1.54, 1.807) is 23.4 Å². The molecule has 1 aromatic heterocycles. The fourth-order valence-electron chi connectivity index (χ4n) is 1.77. The van der Waals surface area contributed by atoms with Crippen molar-refractivity contribution in [2.24, 2.45) is 7.05 Å². The molecule has 0 aliphatic carbocycles. The van der Waals surface area contributed by atoms with Gasteiger partial charge in [-0.25, -0.2) is 0 Å². The number of aromatic nitrogens is 1. The van der Waals surface area contributed by atoms with Crippen molar-refractivity contribution in [2.45, 2.75) is 20.0 Å². The number of pyridine rings is 1. The molecule has 0 spiro atoms. The summed E-state index contributed by atoms with van der Waals surface area (Å²) >= 11 is 0. The topological polar surface area (TPSA) is 51.5 Å². The van der Waals surface area contributed by atoms with E-state index in [0.29, 0.717) is 18.8 Å². The van der Waals surface area contributed by atoms with Crippen LogP contribution in [0.2, 0.25) is 0 Å². The number of nitrogens with zero attached hydrogens (tertiary/aromatic N) is 2. The summed E-state index contributed by atoms with van der Waals surface area (Å²) in [6, 6.07) is 3.31. The maximum absolute atomic E-state index is 11.5. The second kappa shape index (κ2) is 4.24. The fraction of sp³-hybridized carbons (Fsp3) is 0.500. The molecule has 92 valence electrons. The zero-order chi connectivity index (χ0) is 12.6. The Kier molecular flexibility index (Phi) is 2.92. The third kappa shape index (κ3) is 2.33. The molecule has 0 bridgehead atoms. The number of carbonyl (C=O) groups excluding carboxylic acids is 1. The molecule has 1 amide bonds. The number of rotatable bonds is 2. The molecule has 1 saturated heterocycles. The molecule has 0 atom stereocenters. The van der Waals surface area contributed by atoms with E-state index in [1.165, 1.54) is 6.07 Å². The minimum atomic E-state index is -0.0808. The van der Waals surface area contributed by atoms with Crippen LogP contribution < -0.4 is 10.3 Å². The van der Waals surface area contributed by atoms with E-state index in [9.17, 15) is 9.59 Å². The second-order valence-corrected chi connectivity index (χ2v) is 4.39. The fourth-order valence-corrected chi connectivity index (χ4v) is 1.77. The first-order valence-corrected chi connectivity index (χ1v) is 5.57. The van der Waals surface area contributed by atoms with E-state index < -0.39 is 0 Å². The van der Waals surface area contributed by atoms with Gasteiger partial charge in [-0.05, 0) is 13.0 Å². The van der Waals surface area contributed by atoms with Crippen molar-refractivity contribution < 1.29 is 9.53 Å². The molecule has 2 heterocycles. The number of likely N-dealkylation sites (tertiary alicyclic amines) is 1. The van der Waals surface area contributed by atoms with Crippen LogP contribution in [0, 0.1) is 6.92 Å². The van der Waals surface area contributed by atoms with Crippen molar-refractivity contribution in [3.05, 3.63) is 28.2 Å². The van der Waals surface area contributed by atoms with Crippen molar-refractivity contribution >= 4 is 5.91 Å². The lowest BCUT2D eigenvalue weighted by molar-refractivity contribution is -0.137. The van der Waals surface area contributed by atoms with Crippen LogP contribution in [0.15, 0.2) is 16.9 Å². The highest BCUT2D eigenvalue weighted by Gasteiger charge is 2.30. The molecule has 0 aromatic carbocycles. The number of hydrogen-bond acceptors (Lipinski definition) is 3. The van der Waals surface area contributed by atoms with Gasteiger partial charge >= 0.3 is 0 Å². The summed E-state index contributed by atoms with van der Waals surface area (Å²) in [7, 11) is 1.72. The summed E-state index contributed by atoms with van der Waals surface area (Å²) in [4.78, 5) is 24.2. The average molecular weight is 236 g/mol. The third-order valence-corrected chi connectivity index (χ3v) is 3.07. The monoisotopic (exact) mass is 236 g/mol. The highest BCUT2D eigenvalue weighted by Crippen LogP contribution is 2.17. The van der Waals surface area contributed by atoms with E-state index in [4.69, 9.17) is 4.74 Å². The van der Waals surface area contributed by atoms with Crippen molar-refractivity contribution in [1.29, 1.82) is 0 Å². The number of carbonyl (C=O) groups is 1. The van der Waals surface area contributed by atoms with Crippen LogP contribution in [-0.2, 0) is 11.8 Å². The lowest BCUT2D eigenvalue weighted by Crippen LogP contribution is -2.55. The number of amides is 1. The smallest absolute Gasteiger partial charge is 0.254 e. The van der Waals surface area contributed by atoms with Crippen LogP contribution in [0.1, 0.15) is 12.6 Å². The van der Waals surface area contributed by atoms with Gasteiger partial charge in [0.2, 0.25) is 5.91 Å². The minimum absolute atomic E-state index is 0.00501. The first-order chi connectivity index (χ1) is 7.97. The summed E-state index contributed by atoms with van der Waals surface area (Å²) in [5, 5.41) is 0. The molecule has 1 aliphatic rings. The Labute approximate surface area is 99.6 Å². The SMILES string of the molecule is CC(=O)N1CC(Oc2cc(C)n(C)c(=O)c2)C1. The van der Waals surface area contributed by atoms with Crippen LogP contribution in [0.3, 0.4) is 0 Å². The predicted molar refractivity (Wildman–Crippen MR) is 63.1 cm³/mol. The molecule has 1 fully saturated rings. The van der Waals surface area contributed by atoms with Crippen LogP contribution in [0.4, 0.5) is 0 Å². The number of aryl methyl sites for hydroxylation is 1. The molecule has 0 saturated carbocycles. The molecule has 2 rings (SSSR count). The van der Waals surface area contributed by atoms with Crippen LogP contribution >= 0.6 is 0 Å². The second-order valence-electron chi connectivity index (χ2n) is 4.39. The largest absolute Gasteiger partial charge is 0.486 e. The summed E-state index contributed by atoms with van der Waals surface area (Å²) in [6.07, 6.45) is 0.00501. The van der Waals surface area contributed by atoms with Crippen molar-refractivity contribution in [3.63, 3.8) is 0 Å². The maximum atomic E-state index is 11.5. The lowest BCUT2D eigenvalue weighted by atomic mass is 10.1. The highest BCUT2D eigenvalue weighted by atomic mass is 16.5. The summed E-state index contributed by atoms with van der Waals surface area (Å²) in [5.74, 6) is 0.642. The van der Waals surface area contributed by atoms with Crippen molar-refractivity contribution in [2.75, 3.05) is 13.1 Å². The van der Waals surface area contributed by atoms with Gasteiger partial charge in [-0.2, -0.15) is 0 Å². The van der Waals surface area contributed by atoms with E-state index in [0.717, 1.165) is 5.69 Å². The Bertz CT molecular complexity index is 501. The standard InChI is InChI=1S/C12H16N2O3/c1-8-4-10(5-12(16)13(8)3)17-11-6-14(7-11)9(2)15/h4-5,11H,6-7H2,1-3H3. The van der Waals surface area contributed by atoms with E-state index in [2.05, 4.69) is 0 Å². The van der Waals surface area contributed by atoms with Gasteiger partial charge in [0.05, 0.1) is 13.1 Å². The first-order valence-electron chi connectivity index (χ1n) is 5.57. The Morgan fingerprint density at radius 3 is 2.59 bits per heavy atom. The van der Waals surface area contributed by atoms with Gasteiger partial charge in [0.25, 0.3) is 5.56 Å². The normalized spacial score (nSPS) is 15.6. The van der Waals surface area contributed by atoms with Gasteiger partial charge < -0.3 is 14.2 Å². The van der Waals surface area contributed by atoms with Gasteiger partial charge in [0, 0.05) is 25.7 Å². The van der Waals surface area contributed by atoms with Crippen molar-refractivity contribution in [1.82, 2.24) is 9.47 Å². The predicted octanol–water partition coefficient (Wildman–Crippen LogP) is 0.303. The zero-order valence-corrected chi connectivity index (χ0v) is 10.3. The summed E-state index contributed by atoms with van der Waals surface area (Å²) in [5.41, 5.74) is 0.776. The molecular weight excluding hydrogens is 220 g/mol. The quantitative estimate of drug-likeness (QED) is 0.742.